The van der Waals surface area contributed by atoms with E-state index in [0.29, 0.717) is 5.75 Å². The van der Waals surface area contributed by atoms with E-state index in [-0.39, 0.29) is 5.91 Å². The third-order valence-corrected chi connectivity index (χ3v) is 4.16. The van der Waals surface area contributed by atoms with Gasteiger partial charge in [0.15, 0.2) is 11.0 Å². The fourth-order valence-electron chi connectivity index (χ4n) is 1.89. The third-order valence-electron chi connectivity index (χ3n) is 3.20. The van der Waals surface area contributed by atoms with Gasteiger partial charge in [-0.1, -0.05) is 11.8 Å². The van der Waals surface area contributed by atoms with E-state index in [1.54, 1.807) is 26.1 Å². The normalized spacial score (nSPS) is 10.5. The quantitative estimate of drug-likeness (QED) is 0.763. The first kappa shape index (κ1) is 16.4. The second kappa shape index (κ2) is 7.31. The largest absolute Gasteiger partial charge is 0.497 e. The SMILES string of the molecule is CCn1c(SCC(=O)N(C)C)nnc1-c1ccc(OC)cc1. The molecule has 22 heavy (non-hydrogen) atoms. The Morgan fingerprint density at radius 2 is 1.95 bits per heavy atom. The Labute approximate surface area is 134 Å². The molecule has 6 nitrogen and oxygen atoms in total. The highest BCUT2D eigenvalue weighted by Gasteiger charge is 2.15. The van der Waals surface area contributed by atoms with Crippen molar-refractivity contribution in [3.05, 3.63) is 24.3 Å². The van der Waals surface area contributed by atoms with E-state index in [0.717, 1.165) is 28.8 Å². The predicted octanol–water partition coefficient (Wildman–Crippen LogP) is 2.15. The number of ether oxygens (including phenoxy) is 1. The van der Waals surface area contributed by atoms with Crippen molar-refractivity contribution in [3.8, 4) is 17.1 Å². The van der Waals surface area contributed by atoms with E-state index >= 15 is 0 Å². The van der Waals surface area contributed by atoms with Crippen molar-refractivity contribution in [2.24, 2.45) is 0 Å². The van der Waals surface area contributed by atoms with E-state index in [9.17, 15) is 4.79 Å². The molecule has 0 N–H and O–H groups in total. The summed E-state index contributed by atoms with van der Waals surface area (Å²) in [7, 11) is 5.13. The first-order valence-corrected chi connectivity index (χ1v) is 7.96. The highest BCUT2D eigenvalue weighted by molar-refractivity contribution is 7.99. The number of rotatable bonds is 6. The van der Waals surface area contributed by atoms with Gasteiger partial charge in [0.1, 0.15) is 5.75 Å². The van der Waals surface area contributed by atoms with E-state index in [4.69, 9.17) is 4.74 Å². The number of benzene rings is 1. The van der Waals surface area contributed by atoms with Crippen LogP contribution in [0.3, 0.4) is 0 Å². The van der Waals surface area contributed by atoms with Crippen LogP contribution in [0.1, 0.15) is 6.92 Å². The number of aromatic nitrogens is 3. The molecule has 118 valence electrons. The van der Waals surface area contributed by atoms with Crippen LogP contribution < -0.4 is 4.74 Å². The molecule has 0 radical (unpaired) electrons. The zero-order valence-electron chi connectivity index (χ0n) is 13.2. The van der Waals surface area contributed by atoms with Crippen molar-refractivity contribution in [2.75, 3.05) is 27.0 Å². The molecule has 2 rings (SSSR count). The van der Waals surface area contributed by atoms with E-state index in [1.165, 1.54) is 11.8 Å². The molecule has 0 spiro atoms. The average Bonchev–Trinajstić information content (AvgIpc) is 2.95. The van der Waals surface area contributed by atoms with Gasteiger partial charge in [-0.3, -0.25) is 4.79 Å². The minimum absolute atomic E-state index is 0.0571. The minimum Gasteiger partial charge on any atom is -0.497 e. The lowest BCUT2D eigenvalue weighted by Crippen LogP contribution is -2.23. The molecule has 0 fully saturated rings. The topological polar surface area (TPSA) is 60.2 Å². The molecule has 1 amide bonds. The van der Waals surface area contributed by atoms with Gasteiger partial charge in [-0.2, -0.15) is 0 Å². The van der Waals surface area contributed by atoms with Gasteiger partial charge in [0.2, 0.25) is 5.91 Å². The van der Waals surface area contributed by atoms with Gasteiger partial charge < -0.3 is 14.2 Å². The van der Waals surface area contributed by atoms with Gasteiger partial charge in [-0.15, -0.1) is 10.2 Å². The van der Waals surface area contributed by atoms with Crippen LogP contribution in [0, 0.1) is 0 Å². The van der Waals surface area contributed by atoms with Crippen LogP contribution in [0.25, 0.3) is 11.4 Å². The smallest absolute Gasteiger partial charge is 0.232 e. The first-order chi connectivity index (χ1) is 10.6. The van der Waals surface area contributed by atoms with Gasteiger partial charge in [0.05, 0.1) is 12.9 Å². The molecule has 0 bridgehead atoms. The van der Waals surface area contributed by atoms with E-state index in [1.807, 2.05) is 35.8 Å². The summed E-state index contributed by atoms with van der Waals surface area (Å²) in [6, 6.07) is 7.70. The van der Waals surface area contributed by atoms with Crippen LogP contribution in [0.15, 0.2) is 29.4 Å². The number of hydrogen-bond donors (Lipinski definition) is 0. The van der Waals surface area contributed by atoms with Crippen molar-refractivity contribution in [3.63, 3.8) is 0 Å². The molecule has 0 aliphatic rings. The second-order valence-electron chi connectivity index (χ2n) is 4.86. The Hall–Kier alpha value is -2.02. The van der Waals surface area contributed by atoms with Gasteiger partial charge >= 0.3 is 0 Å². The summed E-state index contributed by atoms with van der Waals surface area (Å²) in [5.41, 5.74) is 0.973. The van der Waals surface area contributed by atoms with Crippen LogP contribution >= 0.6 is 11.8 Å². The Morgan fingerprint density at radius 1 is 1.27 bits per heavy atom. The molecular weight excluding hydrogens is 300 g/mol. The number of hydrogen-bond acceptors (Lipinski definition) is 5. The Kier molecular flexibility index (Phi) is 5.43. The number of carbonyl (C=O) groups excluding carboxylic acids is 1. The van der Waals surface area contributed by atoms with Gasteiger partial charge in [-0.25, -0.2) is 0 Å². The fraction of sp³-hybridized carbons (Fsp3) is 0.400. The first-order valence-electron chi connectivity index (χ1n) is 6.97. The minimum atomic E-state index is 0.0571. The number of carbonyl (C=O) groups is 1. The lowest BCUT2D eigenvalue weighted by Gasteiger charge is -2.10. The molecule has 0 unspecified atom stereocenters. The van der Waals surface area contributed by atoms with Crippen LogP contribution in [0.5, 0.6) is 5.75 Å². The van der Waals surface area contributed by atoms with E-state index < -0.39 is 0 Å². The molecule has 1 aromatic carbocycles. The molecule has 0 atom stereocenters. The molecule has 0 saturated carbocycles. The number of thioether (sulfide) groups is 1. The van der Waals surface area contributed by atoms with Crippen molar-refractivity contribution < 1.29 is 9.53 Å². The lowest BCUT2D eigenvalue weighted by molar-refractivity contribution is -0.125. The summed E-state index contributed by atoms with van der Waals surface area (Å²) < 4.78 is 7.17. The molecule has 1 aromatic heterocycles. The van der Waals surface area contributed by atoms with Crippen molar-refractivity contribution >= 4 is 17.7 Å². The zero-order chi connectivity index (χ0) is 16.1. The maximum absolute atomic E-state index is 11.7. The van der Waals surface area contributed by atoms with Crippen molar-refractivity contribution in [1.29, 1.82) is 0 Å². The summed E-state index contributed by atoms with van der Waals surface area (Å²) in [6.07, 6.45) is 0. The number of methoxy groups -OCH3 is 1. The molecule has 2 aromatic rings. The Morgan fingerprint density at radius 3 is 2.50 bits per heavy atom. The van der Waals surface area contributed by atoms with Crippen LogP contribution in [-0.2, 0) is 11.3 Å². The molecule has 7 heteroatoms. The maximum Gasteiger partial charge on any atom is 0.232 e. The highest BCUT2D eigenvalue weighted by Crippen LogP contribution is 2.25. The Bertz CT molecular complexity index is 637. The standard InChI is InChI=1S/C15H20N4O2S/c1-5-19-14(11-6-8-12(21-4)9-7-11)16-17-15(19)22-10-13(20)18(2)3/h6-9H,5,10H2,1-4H3. The summed E-state index contributed by atoms with van der Waals surface area (Å²) in [6.45, 7) is 2.78. The fourth-order valence-corrected chi connectivity index (χ4v) is 2.87. The number of amides is 1. The van der Waals surface area contributed by atoms with Crippen molar-refractivity contribution in [1.82, 2.24) is 19.7 Å². The highest BCUT2D eigenvalue weighted by atomic mass is 32.2. The predicted molar refractivity (Wildman–Crippen MR) is 87.1 cm³/mol. The third kappa shape index (κ3) is 3.59. The maximum atomic E-state index is 11.7. The molecule has 0 aliphatic heterocycles. The zero-order valence-corrected chi connectivity index (χ0v) is 14.1. The molecular formula is C15H20N4O2S. The molecule has 1 heterocycles. The van der Waals surface area contributed by atoms with Crippen LogP contribution in [-0.4, -0.2) is 52.5 Å². The number of nitrogens with zero attached hydrogens (tertiary/aromatic N) is 4. The van der Waals surface area contributed by atoms with Crippen LogP contribution in [0.4, 0.5) is 0 Å². The van der Waals surface area contributed by atoms with Crippen molar-refractivity contribution in [2.45, 2.75) is 18.6 Å². The van der Waals surface area contributed by atoms with Gasteiger partial charge in [0, 0.05) is 26.2 Å². The summed E-state index contributed by atoms with van der Waals surface area (Å²) in [5, 5.41) is 9.23. The summed E-state index contributed by atoms with van der Waals surface area (Å²) in [5.74, 6) is 2.01. The van der Waals surface area contributed by atoms with Crippen LogP contribution in [0.2, 0.25) is 0 Å². The monoisotopic (exact) mass is 320 g/mol. The van der Waals surface area contributed by atoms with Gasteiger partial charge in [0.25, 0.3) is 0 Å². The summed E-state index contributed by atoms with van der Waals surface area (Å²) >= 11 is 1.40. The summed E-state index contributed by atoms with van der Waals surface area (Å²) in [4.78, 5) is 13.3. The molecule has 0 saturated heterocycles. The average molecular weight is 320 g/mol. The van der Waals surface area contributed by atoms with E-state index in [2.05, 4.69) is 10.2 Å². The second-order valence-corrected chi connectivity index (χ2v) is 5.80. The Balaban J connectivity index is 2.21. The lowest BCUT2D eigenvalue weighted by atomic mass is 10.2. The van der Waals surface area contributed by atoms with Gasteiger partial charge in [-0.05, 0) is 31.2 Å². The molecule has 0 aliphatic carbocycles.